The highest BCUT2D eigenvalue weighted by Gasteiger charge is 2.25. The summed E-state index contributed by atoms with van der Waals surface area (Å²) in [4.78, 5) is 0. The molecule has 19 heavy (non-hydrogen) atoms. The first kappa shape index (κ1) is 12.5. The van der Waals surface area contributed by atoms with Gasteiger partial charge in [0.1, 0.15) is 13.2 Å². The Morgan fingerprint density at radius 1 is 1.32 bits per heavy atom. The monoisotopic (exact) mass is 267 g/mol. The minimum Gasteiger partial charge on any atom is -0.505 e. The quantitative estimate of drug-likeness (QED) is 0.860. The van der Waals surface area contributed by atoms with Crippen molar-refractivity contribution >= 4 is 0 Å². The number of phenolic OH excluding ortho intramolecular Hbond substituents is 1. The molecule has 4 nitrogen and oxygen atoms in total. The second-order valence-electron chi connectivity index (χ2n) is 5.06. The Kier molecular flexibility index (Phi) is 3.46. The van der Waals surface area contributed by atoms with Crippen LogP contribution in [0.25, 0.3) is 0 Å². The van der Waals surface area contributed by atoms with Crippen molar-refractivity contribution in [1.82, 2.24) is 5.32 Å². The summed E-state index contributed by atoms with van der Waals surface area (Å²) in [5.41, 5.74) is 0.425. The largest absolute Gasteiger partial charge is 0.505 e. The van der Waals surface area contributed by atoms with Crippen molar-refractivity contribution < 1.29 is 19.0 Å². The third-order valence-corrected chi connectivity index (χ3v) is 3.71. The fraction of sp³-hybridized carbons (Fsp3) is 0.571. The van der Waals surface area contributed by atoms with Crippen LogP contribution >= 0.6 is 0 Å². The molecule has 1 atom stereocenters. The second kappa shape index (κ2) is 5.25. The molecule has 1 aromatic carbocycles. The first-order valence-electron chi connectivity index (χ1n) is 6.79. The van der Waals surface area contributed by atoms with E-state index in [1.165, 1.54) is 6.07 Å². The number of phenols is 1. The fourth-order valence-electron chi connectivity index (χ4n) is 2.74. The van der Waals surface area contributed by atoms with Gasteiger partial charge in [-0.15, -0.1) is 0 Å². The van der Waals surface area contributed by atoms with Gasteiger partial charge in [-0.1, -0.05) is 6.42 Å². The number of benzene rings is 1. The van der Waals surface area contributed by atoms with E-state index >= 15 is 0 Å². The lowest BCUT2D eigenvalue weighted by Gasteiger charge is -2.27. The highest BCUT2D eigenvalue weighted by molar-refractivity contribution is 5.53. The lowest BCUT2D eigenvalue weighted by atomic mass is 9.96. The molecule has 2 N–H and O–H groups in total. The molecule has 1 aromatic rings. The number of ether oxygens (including phenoxy) is 2. The van der Waals surface area contributed by atoms with Crippen molar-refractivity contribution in [2.75, 3.05) is 19.8 Å². The van der Waals surface area contributed by atoms with Crippen LogP contribution in [-0.2, 0) is 6.42 Å². The third kappa shape index (κ3) is 2.47. The van der Waals surface area contributed by atoms with E-state index in [2.05, 4.69) is 5.32 Å². The average molecular weight is 267 g/mol. The van der Waals surface area contributed by atoms with Gasteiger partial charge in [0.25, 0.3) is 0 Å². The predicted molar refractivity (Wildman–Crippen MR) is 68.4 cm³/mol. The number of hydrogen-bond donors (Lipinski definition) is 2. The van der Waals surface area contributed by atoms with E-state index in [1.54, 1.807) is 0 Å². The predicted octanol–water partition coefficient (Wildman–Crippen LogP) is 1.99. The molecule has 0 spiro atoms. The normalized spacial score (nSPS) is 22.3. The third-order valence-electron chi connectivity index (χ3n) is 3.71. The highest BCUT2D eigenvalue weighted by atomic mass is 19.1. The fourth-order valence-corrected chi connectivity index (χ4v) is 2.74. The van der Waals surface area contributed by atoms with Crippen LogP contribution in [0.1, 0.15) is 24.8 Å². The van der Waals surface area contributed by atoms with E-state index in [0.717, 1.165) is 25.8 Å². The van der Waals surface area contributed by atoms with E-state index in [4.69, 9.17) is 9.47 Å². The number of fused-ring (bicyclic) bond motifs is 1. The topological polar surface area (TPSA) is 50.7 Å². The first-order chi connectivity index (χ1) is 9.25. The van der Waals surface area contributed by atoms with Crippen LogP contribution in [0.3, 0.4) is 0 Å². The summed E-state index contributed by atoms with van der Waals surface area (Å²) in [7, 11) is 0. The standard InChI is InChI=1S/C14H18FNO3/c15-13-10(7-9-3-1-2-4-16-9)14-12(8-11(13)17)18-5-6-19-14/h8-9,16-17H,1-7H2. The zero-order valence-corrected chi connectivity index (χ0v) is 10.7. The number of halogens is 1. The molecule has 2 aliphatic rings. The Labute approximate surface area is 111 Å². The Hall–Kier alpha value is -1.49. The first-order valence-corrected chi connectivity index (χ1v) is 6.79. The molecular formula is C14H18FNO3. The van der Waals surface area contributed by atoms with Crippen LogP contribution in [0, 0.1) is 5.82 Å². The van der Waals surface area contributed by atoms with Crippen molar-refractivity contribution in [3.8, 4) is 17.2 Å². The van der Waals surface area contributed by atoms with Crippen LogP contribution in [-0.4, -0.2) is 30.9 Å². The van der Waals surface area contributed by atoms with Gasteiger partial charge in [-0.05, 0) is 25.8 Å². The van der Waals surface area contributed by atoms with E-state index in [-0.39, 0.29) is 11.8 Å². The molecule has 0 bridgehead atoms. The Balaban J connectivity index is 1.91. The lowest BCUT2D eigenvalue weighted by molar-refractivity contribution is 0.167. The molecule has 0 aliphatic carbocycles. The maximum atomic E-state index is 14.1. The molecule has 0 amide bonds. The van der Waals surface area contributed by atoms with Gasteiger partial charge in [-0.2, -0.15) is 0 Å². The molecule has 5 heteroatoms. The van der Waals surface area contributed by atoms with Crippen molar-refractivity contribution in [2.45, 2.75) is 31.7 Å². The van der Waals surface area contributed by atoms with Crippen molar-refractivity contribution in [3.05, 3.63) is 17.4 Å². The van der Waals surface area contributed by atoms with E-state index in [0.29, 0.717) is 36.7 Å². The molecular weight excluding hydrogens is 249 g/mol. The summed E-state index contributed by atoms with van der Waals surface area (Å²) in [6.07, 6.45) is 3.85. The SMILES string of the molecule is Oc1cc2c(c(CC3CCCCN3)c1F)OCCO2. The van der Waals surface area contributed by atoms with Gasteiger partial charge in [0.15, 0.2) is 23.1 Å². The number of hydrogen-bond acceptors (Lipinski definition) is 4. The summed E-state index contributed by atoms with van der Waals surface area (Å²) >= 11 is 0. The lowest BCUT2D eigenvalue weighted by Crippen LogP contribution is -2.36. The Morgan fingerprint density at radius 3 is 2.95 bits per heavy atom. The molecule has 1 unspecified atom stereocenters. The Morgan fingerprint density at radius 2 is 2.16 bits per heavy atom. The van der Waals surface area contributed by atoms with Crippen molar-refractivity contribution in [1.29, 1.82) is 0 Å². The maximum Gasteiger partial charge on any atom is 0.172 e. The van der Waals surface area contributed by atoms with Crippen LogP contribution in [0.15, 0.2) is 6.07 Å². The summed E-state index contributed by atoms with van der Waals surface area (Å²) in [5.74, 6) is -0.0587. The van der Waals surface area contributed by atoms with Crippen molar-refractivity contribution in [2.24, 2.45) is 0 Å². The van der Waals surface area contributed by atoms with Gasteiger partial charge in [0.2, 0.25) is 0 Å². The molecule has 0 aromatic heterocycles. The van der Waals surface area contributed by atoms with Crippen LogP contribution in [0.4, 0.5) is 4.39 Å². The number of nitrogens with one attached hydrogen (secondary N) is 1. The minimum atomic E-state index is -0.586. The average Bonchev–Trinajstić information content (AvgIpc) is 2.45. The molecule has 0 radical (unpaired) electrons. The van der Waals surface area contributed by atoms with Gasteiger partial charge >= 0.3 is 0 Å². The molecule has 2 heterocycles. The molecule has 0 saturated carbocycles. The molecule has 104 valence electrons. The van der Waals surface area contributed by atoms with E-state index < -0.39 is 5.82 Å². The van der Waals surface area contributed by atoms with Crippen LogP contribution in [0.2, 0.25) is 0 Å². The molecule has 3 rings (SSSR count). The summed E-state index contributed by atoms with van der Waals surface area (Å²) in [5, 5.41) is 13.0. The summed E-state index contributed by atoms with van der Waals surface area (Å²) < 4.78 is 25.1. The molecule has 1 fully saturated rings. The number of piperidine rings is 1. The van der Waals surface area contributed by atoms with E-state index in [9.17, 15) is 9.50 Å². The minimum absolute atomic E-state index is 0.236. The zero-order chi connectivity index (χ0) is 13.2. The Bertz CT molecular complexity index is 472. The summed E-state index contributed by atoms with van der Waals surface area (Å²) in [6.45, 7) is 1.81. The smallest absolute Gasteiger partial charge is 0.172 e. The van der Waals surface area contributed by atoms with Gasteiger partial charge < -0.3 is 19.9 Å². The van der Waals surface area contributed by atoms with Crippen LogP contribution in [0.5, 0.6) is 17.2 Å². The van der Waals surface area contributed by atoms with Crippen molar-refractivity contribution in [3.63, 3.8) is 0 Å². The highest BCUT2D eigenvalue weighted by Crippen LogP contribution is 2.40. The molecule has 2 aliphatic heterocycles. The zero-order valence-electron chi connectivity index (χ0n) is 10.7. The number of rotatable bonds is 2. The summed E-state index contributed by atoms with van der Waals surface area (Å²) in [6, 6.07) is 1.53. The van der Waals surface area contributed by atoms with Gasteiger partial charge in [0.05, 0.1) is 0 Å². The maximum absolute atomic E-state index is 14.1. The van der Waals surface area contributed by atoms with Crippen LogP contribution < -0.4 is 14.8 Å². The van der Waals surface area contributed by atoms with E-state index in [1.807, 2.05) is 0 Å². The number of aromatic hydroxyl groups is 1. The van der Waals surface area contributed by atoms with Gasteiger partial charge in [-0.25, -0.2) is 4.39 Å². The van der Waals surface area contributed by atoms with Gasteiger partial charge in [-0.3, -0.25) is 0 Å². The molecule has 1 saturated heterocycles. The van der Waals surface area contributed by atoms with Gasteiger partial charge in [0, 0.05) is 17.7 Å². The second-order valence-corrected chi connectivity index (χ2v) is 5.06.